The number of anilines is 1. The maximum atomic E-state index is 13.1. The second kappa shape index (κ2) is 5.59. The molecule has 0 radical (unpaired) electrons. The Kier molecular flexibility index (Phi) is 3.57. The number of halogens is 3. The van der Waals surface area contributed by atoms with Gasteiger partial charge in [0, 0.05) is 12.1 Å². The Labute approximate surface area is 148 Å². The van der Waals surface area contributed by atoms with Crippen molar-refractivity contribution in [2.24, 2.45) is 5.10 Å². The van der Waals surface area contributed by atoms with E-state index < -0.39 is 35.8 Å². The van der Waals surface area contributed by atoms with Crippen LogP contribution in [0.25, 0.3) is 0 Å². The Morgan fingerprint density at radius 1 is 1.12 bits per heavy atom. The van der Waals surface area contributed by atoms with Gasteiger partial charge in [-0.1, -0.05) is 42.5 Å². The summed E-state index contributed by atoms with van der Waals surface area (Å²) in [5, 5.41) is 3.46. The highest BCUT2D eigenvalue weighted by Gasteiger charge is 2.66. The van der Waals surface area contributed by atoms with E-state index in [9.17, 15) is 18.0 Å². The van der Waals surface area contributed by atoms with E-state index in [-0.39, 0.29) is 0 Å². The Hall–Kier alpha value is -2.83. The van der Waals surface area contributed by atoms with Crippen LogP contribution < -0.4 is 10.3 Å². The Bertz CT molecular complexity index is 894. The number of nitrogens with zero attached hydrogens (tertiary/aromatic N) is 2. The number of hydrogen-bond acceptors (Lipinski definition) is 3. The van der Waals surface area contributed by atoms with Crippen LogP contribution in [-0.2, 0) is 4.79 Å². The summed E-state index contributed by atoms with van der Waals surface area (Å²) in [6.07, 6.45) is -5.03. The van der Waals surface area contributed by atoms with Crippen LogP contribution in [0.1, 0.15) is 23.6 Å². The van der Waals surface area contributed by atoms with Gasteiger partial charge in [-0.15, -0.1) is 0 Å². The molecule has 26 heavy (non-hydrogen) atoms. The highest BCUT2D eigenvalue weighted by Crippen LogP contribution is 2.51. The molecule has 1 amide bonds. The van der Waals surface area contributed by atoms with Crippen LogP contribution in [0.2, 0.25) is 0 Å². The first-order valence-electron chi connectivity index (χ1n) is 8.20. The smallest absolute Gasteiger partial charge is 0.300 e. The number of rotatable bonds is 2. The number of alkyl halides is 3. The fraction of sp³-hybridized carbons (Fsp3) is 0.263. The lowest BCUT2D eigenvalue weighted by Gasteiger charge is -2.54. The lowest BCUT2D eigenvalue weighted by molar-refractivity contribution is -0.134. The highest BCUT2D eigenvalue weighted by molar-refractivity contribution is 6.13. The first kappa shape index (κ1) is 16.6. The van der Waals surface area contributed by atoms with Gasteiger partial charge in [-0.25, -0.2) is 0 Å². The molecule has 1 spiro atoms. The number of para-hydroxylation sites is 1. The summed E-state index contributed by atoms with van der Waals surface area (Å²) in [7, 11) is 0. The van der Waals surface area contributed by atoms with Gasteiger partial charge in [-0.2, -0.15) is 18.3 Å². The van der Waals surface area contributed by atoms with Crippen LogP contribution in [0.15, 0.2) is 59.7 Å². The Morgan fingerprint density at radius 2 is 1.77 bits per heavy atom. The molecule has 7 heteroatoms. The summed E-state index contributed by atoms with van der Waals surface area (Å²) in [5.41, 5.74) is 2.55. The van der Waals surface area contributed by atoms with Crippen molar-refractivity contribution in [3.05, 3.63) is 65.7 Å². The third-order valence-corrected chi connectivity index (χ3v) is 5.01. The predicted octanol–water partition coefficient (Wildman–Crippen LogP) is 3.73. The third kappa shape index (κ3) is 2.30. The molecule has 2 atom stereocenters. The molecule has 2 heterocycles. The molecule has 2 aromatic rings. The maximum absolute atomic E-state index is 13.1. The number of hydrazone groups is 1. The van der Waals surface area contributed by atoms with Crippen LogP contribution in [0.4, 0.5) is 18.9 Å². The van der Waals surface area contributed by atoms with E-state index in [0.29, 0.717) is 5.69 Å². The number of β-lactam (4-membered cyclic amide) rings is 1. The summed E-state index contributed by atoms with van der Waals surface area (Å²) in [6.45, 7) is 1.88. The molecule has 2 aromatic carbocycles. The lowest BCUT2D eigenvalue weighted by atomic mass is 9.71. The van der Waals surface area contributed by atoms with Crippen molar-refractivity contribution in [1.29, 1.82) is 0 Å². The van der Waals surface area contributed by atoms with Gasteiger partial charge >= 0.3 is 6.18 Å². The fourth-order valence-corrected chi connectivity index (χ4v) is 3.71. The standard InChI is InChI=1S/C19H16F3N3O/c1-12-7-5-6-10-14(12)16-18(11-15(23-24-18)19(20,21)22)17(26)25(16)13-8-3-2-4-9-13/h2-10,16,24H,11H2,1H3/t16-,18-/m1/s1. The quantitative estimate of drug-likeness (QED) is 0.831. The number of hydrogen-bond donors (Lipinski definition) is 1. The third-order valence-electron chi connectivity index (χ3n) is 5.01. The van der Waals surface area contributed by atoms with Gasteiger partial charge in [0.25, 0.3) is 5.91 Å². The van der Waals surface area contributed by atoms with Crippen LogP contribution in [-0.4, -0.2) is 23.3 Å². The fourth-order valence-electron chi connectivity index (χ4n) is 3.71. The predicted molar refractivity (Wildman–Crippen MR) is 91.8 cm³/mol. The van der Waals surface area contributed by atoms with E-state index in [4.69, 9.17) is 0 Å². The van der Waals surface area contributed by atoms with Crippen LogP contribution in [0.3, 0.4) is 0 Å². The molecule has 1 fully saturated rings. The molecule has 0 aromatic heterocycles. The SMILES string of the molecule is Cc1ccccc1[C@H]1N(c2ccccc2)C(=O)[C@@]12CC(C(F)(F)F)=NN2. The summed E-state index contributed by atoms with van der Waals surface area (Å²) in [6, 6.07) is 15.8. The first-order chi connectivity index (χ1) is 12.3. The second-order valence-electron chi connectivity index (χ2n) is 6.59. The zero-order valence-electron chi connectivity index (χ0n) is 13.9. The Morgan fingerprint density at radius 3 is 2.38 bits per heavy atom. The molecule has 0 bridgehead atoms. The topological polar surface area (TPSA) is 44.7 Å². The molecule has 4 nitrogen and oxygen atoms in total. The number of carbonyl (C=O) groups is 1. The van der Waals surface area contributed by atoms with E-state index in [1.165, 1.54) is 0 Å². The summed E-state index contributed by atoms with van der Waals surface area (Å²) >= 11 is 0. The summed E-state index contributed by atoms with van der Waals surface area (Å²) < 4.78 is 39.4. The molecule has 0 saturated carbocycles. The van der Waals surface area contributed by atoms with Gasteiger partial charge < -0.3 is 0 Å². The van der Waals surface area contributed by atoms with Crippen molar-refractivity contribution < 1.29 is 18.0 Å². The first-order valence-corrected chi connectivity index (χ1v) is 8.20. The average molecular weight is 359 g/mol. The molecule has 2 aliphatic rings. The zero-order chi connectivity index (χ0) is 18.5. The minimum absolute atomic E-state index is 0.403. The normalized spacial score (nSPS) is 25.1. The number of aryl methyl sites for hydroxylation is 1. The molecular weight excluding hydrogens is 343 g/mol. The lowest BCUT2D eigenvalue weighted by Crippen LogP contribution is -2.73. The van der Waals surface area contributed by atoms with E-state index in [1.807, 2.05) is 37.3 Å². The minimum atomic E-state index is -4.56. The monoisotopic (exact) mass is 359 g/mol. The highest BCUT2D eigenvalue weighted by atomic mass is 19.4. The summed E-state index contributed by atoms with van der Waals surface area (Å²) in [5.74, 6) is -0.403. The maximum Gasteiger partial charge on any atom is 0.431 e. The van der Waals surface area contributed by atoms with Crippen molar-refractivity contribution in [2.45, 2.75) is 31.1 Å². The van der Waals surface area contributed by atoms with Crippen molar-refractivity contribution >= 4 is 17.3 Å². The number of nitrogens with one attached hydrogen (secondary N) is 1. The van der Waals surface area contributed by atoms with Crippen molar-refractivity contribution in [3.8, 4) is 0 Å². The van der Waals surface area contributed by atoms with Gasteiger partial charge in [0.15, 0.2) is 5.54 Å². The number of benzene rings is 2. The van der Waals surface area contributed by atoms with E-state index >= 15 is 0 Å². The van der Waals surface area contributed by atoms with Gasteiger partial charge in [-0.05, 0) is 30.2 Å². The minimum Gasteiger partial charge on any atom is -0.300 e. The molecule has 0 aliphatic carbocycles. The molecule has 134 valence electrons. The van der Waals surface area contributed by atoms with Gasteiger partial charge in [0.05, 0.1) is 6.04 Å². The number of amides is 1. The molecular formula is C19H16F3N3O. The van der Waals surface area contributed by atoms with Gasteiger partial charge in [0.2, 0.25) is 0 Å². The molecule has 1 saturated heterocycles. The zero-order valence-corrected chi connectivity index (χ0v) is 13.9. The molecule has 4 rings (SSSR count). The van der Waals surface area contributed by atoms with Crippen LogP contribution in [0, 0.1) is 6.92 Å². The van der Waals surface area contributed by atoms with Crippen LogP contribution in [0.5, 0.6) is 0 Å². The average Bonchev–Trinajstić information content (AvgIpc) is 3.09. The van der Waals surface area contributed by atoms with Crippen molar-refractivity contribution in [1.82, 2.24) is 5.43 Å². The van der Waals surface area contributed by atoms with Crippen molar-refractivity contribution in [2.75, 3.05) is 4.90 Å². The molecule has 1 N–H and O–H groups in total. The van der Waals surface area contributed by atoms with E-state index in [1.54, 1.807) is 29.2 Å². The van der Waals surface area contributed by atoms with Crippen molar-refractivity contribution in [3.63, 3.8) is 0 Å². The van der Waals surface area contributed by atoms with E-state index in [2.05, 4.69) is 10.5 Å². The van der Waals surface area contributed by atoms with Crippen LogP contribution >= 0.6 is 0 Å². The van der Waals surface area contributed by atoms with E-state index in [0.717, 1.165) is 11.1 Å². The molecule has 2 aliphatic heterocycles. The molecule has 0 unspecified atom stereocenters. The van der Waals surface area contributed by atoms with Gasteiger partial charge in [-0.3, -0.25) is 15.1 Å². The largest absolute Gasteiger partial charge is 0.431 e. The Balaban J connectivity index is 1.79. The number of carbonyl (C=O) groups excluding carboxylic acids is 1. The second-order valence-corrected chi connectivity index (χ2v) is 6.59. The van der Waals surface area contributed by atoms with Gasteiger partial charge in [0.1, 0.15) is 5.71 Å². The summed E-state index contributed by atoms with van der Waals surface area (Å²) in [4.78, 5) is 14.5.